The van der Waals surface area contributed by atoms with Gasteiger partial charge in [0.2, 0.25) is 5.91 Å². The molecule has 0 radical (unpaired) electrons. The Balaban J connectivity index is 1.56. The second kappa shape index (κ2) is 9.29. The fourth-order valence-electron chi connectivity index (χ4n) is 2.36. The number of amides is 1. The lowest BCUT2D eigenvalue weighted by Crippen LogP contribution is -2.22. The third-order valence-corrected chi connectivity index (χ3v) is 5.60. The lowest BCUT2D eigenvalue weighted by Gasteiger charge is -2.01. The number of anilines is 1. The molecule has 6 nitrogen and oxygen atoms in total. The molecular weight excluding hydrogens is 378 g/mol. The zero-order valence-corrected chi connectivity index (χ0v) is 16.6. The van der Waals surface area contributed by atoms with E-state index < -0.39 is 0 Å². The average Bonchev–Trinajstić information content (AvgIpc) is 3.30. The van der Waals surface area contributed by atoms with Crippen LogP contribution in [-0.2, 0) is 17.8 Å². The van der Waals surface area contributed by atoms with Crippen LogP contribution in [0.2, 0.25) is 0 Å². The van der Waals surface area contributed by atoms with Crippen LogP contribution in [0.4, 0.5) is 5.13 Å². The first-order valence-electron chi connectivity index (χ1n) is 8.50. The Morgan fingerprint density at radius 2 is 2.04 bits per heavy atom. The van der Waals surface area contributed by atoms with Crippen molar-refractivity contribution in [3.8, 4) is 10.6 Å². The van der Waals surface area contributed by atoms with Crippen molar-refractivity contribution in [1.29, 1.82) is 0 Å². The molecule has 2 aromatic heterocycles. The van der Waals surface area contributed by atoms with Crippen molar-refractivity contribution in [2.24, 2.45) is 10.7 Å². The van der Waals surface area contributed by atoms with Crippen LogP contribution in [0, 0.1) is 0 Å². The van der Waals surface area contributed by atoms with Crippen LogP contribution in [-0.4, -0.2) is 23.4 Å². The van der Waals surface area contributed by atoms with Crippen molar-refractivity contribution < 1.29 is 4.79 Å². The Kier molecular flexibility index (Phi) is 6.56. The van der Waals surface area contributed by atoms with Gasteiger partial charge in [-0.05, 0) is 24.1 Å². The minimum Gasteiger partial charge on any atom is -0.370 e. The van der Waals surface area contributed by atoms with E-state index in [-0.39, 0.29) is 5.91 Å². The number of thiazole rings is 1. The molecule has 0 aliphatic rings. The van der Waals surface area contributed by atoms with E-state index in [4.69, 9.17) is 5.73 Å². The first kappa shape index (κ1) is 19.1. The summed E-state index contributed by atoms with van der Waals surface area (Å²) in [4.78, 5) is 22.2. The van der Waals surface area contributed by atoms with Crippen molar-refractivity contribution >= 4 is 39.7 Å². The Hall–Kier alpha value is -2.71. The standard InChI is InChI=1S/C19H21N5OS2/c1-13(25)21-10-9-15-7-8-17(27-15)16-12-26-19(23-16)24-18(20)22-11-14-5-3-2-4-6-14/h2-8,12H,9-11H2,1H3,(H,21,25)(H3,20,22,23,24). The van der Waals surface area contributed by atoms with Gasteiger partial charge < -0.3 is 16.4 Å². The Labute approximate surface area is 166 Å². The molecule has 1 aromatic carbocycles. The van der Waals surface area contributed by atoms with Crippen LogP contribution < -0.4 is 16.4 Å². The van der Waals surface area contributed by atoms with E-state index in [9.17, 15) is 4.79 Å². The summed E-state index contributed by atoms with van der Waals surface area (Å²) in [7, 11) is 0. The first-order chi connectivity index (χ1) is 13.1. The number of nitrogens with two attached hydrogens (primary N) is 1. The van der Waals surface area contributed by atoms with Crippen LogP contribution >= 0.6 is 22.7 Å². The predicted molar refractivity (Wildman–Crippen MR) is 113 cm³/mol. The van der Waals surface area contributed by atoms with Gasteiger partial charge in [-0.25, -0.2) is 9.98 Å². The molecule has 0 aliphatic carbocycles. The van der Waals surface area contributed by atoms with Gasteiger partial charge in [0.15, 0.2) is 11.1 Å². The van der Waals surface area contributed by atoms with Crippen LogP contribution in [0.25, 0.3) is 10.6 Å². The molecular formula is C19H21N5OS2. The monoisotopic (exact) mass is 399 g/mol. The Morgan fingerprint density at radius 1 is 1.22 bits per heavy atom. The molecule has 0 spiro atoms. The molecule has 0 saturated heterocycles. The lowest BCUT2D eigenvalue weighted by atomic mass is 10.2. The molecule has 0 unspecified atom stereocenters. The van der Waals surface area contributed by atoms with Crippen molar-refractivity contribution in [2.75, 3.05) is 11.9 Å². The molecule has 27 heavy (non-hydrogen) atoms. The smallest absolute Gasteiger partial charge is 0.216 e. The SMILES string of the molecule is CC(=O)NCCc1ccc(-c2csc(NC(N)=NCc3ccccc3)n2)s1. The summed E-state index contributed by atoms with van der Waals surface area (Å²) in [5, 5.41) is 8.57. The molecule has 140 valence electrons. The van der Waals surface area contributed by atoms with Crippen LogP contribution in [0.3, 0.4) is 0 Å². The molecule has 8 heteroatoms. The molecule has 4 N–H and O–H groups in total. The van der Waals surface area contributed by atoms with Crippen molar-refractivity contribution in [3.63, 3.8) is 0 Å². The highest BCUT2D eigenvalue weighted by Gasteiger charge is 2.08. The number of nitrogens with one attached hydrogen (secondary N) is 2. The topological polar surface area (TPSA) is 92.4 Å². The number of thiophene rings is 1. The Morgan fingerprint density at radius 3 is 2.81 bits per heavy atom. The lowest BCUT2D eigenvalue weighted by molar-refractivity contribution is -0.118. The van der Waals surface area contributed by atoms with Gasteiger partial charge in [0, 0.05) is 23.7 Å². The van der Waals surface area contributed by atoms with E-state index in [0.717, 1.165) is 22.6 Å². The van der Waals surface area contributed by atoms with E-state index in [0.29, 0.717) is 24.2 Å². The number of rotatable bonds is 7. The molecule has 2 heterocycles. The highest BCUT2D eigenvalue weighted by atomic mass is 32.1. The summed E-state index contributed by atoms with van der Waals surface area (Å²) < 4.78 is 0. The van der Waals surface area contributed by atoms with E-state index >= 15 is 0 Å². The van der Waals surface area contributed by atoms with Crippen LogP contribution in [0.15, 0.2) is 52.8 Å². The number of carbonyl (C=O) groups excluding carboxylic acids is 1. The zero-order valence-electron chi connectivity index (χ0n) is 14.9. The van der Waals surface area contributed by atoms with Gasteiger partial charge in [-0.1, -0.05) is 30.3 Å². The van der Waals surface area contributed by atoms with E-state index in [1.807, 2.05) is 35.7 Å². The second-order valence-electron chi connectivity index (χ2n) is 5.85. The number of benzene rings is 1. The maximum atomic E-state index is 10.9. The number of nitrogens with zero attached hydrogens (tertiary/aromatic N) is 2. The number of aromatic nitrogens is 1. The molecule has 3 aromatic rings. The average molecular weight is 400 g/mol. The van der Waals surface area contributed by atoms with Gasteiger partial charge in [-0.2, -0.15) is 0 Å². The highest BCUT2D eigenvalue weighted by Crippen LogP contribution is 2.30. The number of guanidine groups is 1. The molecule has 3 rings (SSSR count). The fourth-order valence-corrected chi connectivity index (χ4v) is 4.12. The summed E-state index contributed by atoms with van der Waals surface area (Å²) in [5.74, 6) is 0.343. The molecule has 0 saturated carbocycles. The van der Waals surface area contributed by atoms with E-state index in [1.165, 1.54) is 23.1 Å². The maximum absolute atomic E-state index is 10.9. The number of hydrogen-bond acceptors (Lipinski definition) is 5. The summed E-state index contributed by atoms with van der Waals surface area (Å²) in [5.41, 5.74) is 7.97. The third kappa shape index (κ3) is 5.90. The molecule has 0 aliphatic heterocycles. The Bertz CT molecular complexity index is 917. The zero-order chi connectivity index (χ0) is 19.1. The quantitative estimate of drug-likeness (QED) is 0.419. The van der Waals surface area contributed by atoms with Gasteiger partial charge in [-0.15, -0.1) is 22.7 Å². The minimum atomic E-state index is -0.00601. The van der Waals surface area contributed by atoms with Gasteiger partial charge in [0.1, 0.15) is 0 Å². The molecule has 0 fully saturated rings. The van der Waals surface area contributed by atoms with E-state index in [1.54, 1.807) is 11.3 Å². The molecule has 0 atom stereocenters. The highest BCUT2D eigenvalue weighted by molar-refractivity contribution is 7.17. The normalized spacial score (nSPS) is 11.4. The van der Waals surface area contributed by atoms with Gasteiger partial charge in [0.25, 0.3) is 0 Å². The third-order valence-electron chi connectivity index (χ3n) is 3.67. The molecule has 1 amide bonds. The van der Waals surface area contributed by atoms with Crippen molar-refractivity contribution in [2.45, 2.75) is 19.9 Å². The van der Waals surface area contributed by atoms with E-state index in [2.05, 4.69) is 32.7 Å². The van der Waals surface area contributed by atoms with Gasteiger partial charge in [0.05, 0.1) is 17.1 Å². The van der Waals surface area contributed by atoms with Crippen molar-refractivity contribution in [3.05, 3.63) is 58.3 Å². The van der Waals surface area contributed by atoms with Gasteiger partial charge >= 0.3 is 0 Å². The van der Waals surface area contributed by atoms with Gasteiger partial charge in [-0.3, -0.25) is 4.79 Å². The van der Waals surface area contributed by atoms with Crippen molar-refractivity contribution in [1.82, 2.24) is 10.3 Å². The summed E-state index contributed by atoms with van der Waals surface area (Å²) >= 11 is 3.17. The number of hydrogen-bond donors (Lipinski definition) is 3. The van der Waals surface area contributed by atoms with Crippen LogP contribution in [0.5, 0.6) is 0 Å². The largest absolute Gasteiger partial charge is 0.370 e. The maximum Gasteiger partial charge on any atom is 0.216 e. The predicted octanol–water partition coefficient (Wildman–Crippen LogP) is 3.48. The first-order valence-corrected chi connectivity index (χ1v) is 10.2. The number of aliphatic imine (C=N–C) groups is 1. The summed E-state index contributed by atoms with van der Waals surface area (Å²) in [6.07, 6.45) is 0.818. The second-order valence-corrected chi connectivity index (χ2v) is 7.88. The fraction of sp³-hybridized carbons (Fsp3) is 0.211. The van der Waals surface area contributed by atoms with Crippen LogP contribution in [0.1, 0.15) is 17.4 Å². The summed E-state index contributed by atoms with van der Waals surface area (Å²) in [6, 6.07) is 14.1. The molecule has 0 bridgehead atoms. The minimum absolute atomic E-state index is 0.00601. The summed E-state index contributed by atoms with van der Waals surface area (Å²) in [6.45, 7) is 2.70. The number of carbonyl (C=O) groups is 1.